The molecule has 1 aliphatic rings. The van der Waals surface area contributed by atoms with Crippen molar-refractivity contribution in [3.05, 3.63) is 60.2 Å². The first kappa shape index (κ1) is 18.3. The van der Waals surface area contributed by atoms with Crippen LogP contribution in [0.25, 0.3) is 0 Å². The number of thioether (sulfide) groups is 1. The van der Waals surface area contributed by atoms with Gasteiger partial charge in [-0.25, -0.2) is 0 Å². The quantitative estimate of drug-likeness (QED) is 0.791. The molecule has 1 aliphatic heterocycles. The minimum absolute atomic E-state index is 0.0394. The second-order valence-electron chi connectivity index (χ2n) is 6.23. The third kappa shape index (κ3) is 4.19. The number of aliphatic carboxylic acids is 1. The second kappa shape index (κ2) is 8.27. The first-order valence-electron chi connectivity index (χ1n) is 8.41. The maximum atomic E-state index is 12.6. The van der Waals surface area contributed by atoms with Crippen LogP contribution < -0.4 is 4.74 Å². The topological polar surface area (TPSA) is 66.8 Å². The lowest BCUT2D eigenvalue weighted by Crippen LogP contribution is -2.31. The van der Waals surface area contributed by atoms with Gasteiger partial charge in [-0.05, 0) is 23.8 Å². The minimum atomic E-state index is -0.852. The van der Waals surface area contributed by atoms with Crippen LogP contribution in [0.5, 0.6) is 5.75 Å². The molecule has 1 N–H and O–H groups in total. The second-order valence-corrected chi connectivity index (χ2v) is 7.28. The Labute approximate surface area is 157 Å². The van der Waals surface area contributed by atoms with E-state index in [0.717, 1.165) is 16.2 Å². The highest BCUT2D eigenvalue weighted by Gasteiger charge is 2.40. The number of carboxylic acid groups (broad SMARTS) is 1. The van der Waals surface area contributed by atoms with Gasteiger partial charge in [0.25, 0.3) is 0 Å². The van der Waals surface area contributed by atoms with E-state index in [2.05, 4.69) is 0 Å². The van der Waals surface area contributed by atoms with Crippen molar-refractivity contribution >= 4 is 23.6 Å². The van der Waals surface area contributed by atoms with Crippen LogP contribution in [0.3, 0.4) is 0 Å². The zero-order chi connectivity index (χ0) is 18.5. The zero-order valence-electron chi connectivity index (χ0n) is 14.5. The van der Waals surface area contributed by atoms with Crippen LogP contribution >= 0.6 is 11.8 Å². The summed E-state index contributed by atoms with van der Waals surface area (Å²) in [6, 6.07) is 17.1. The number of rotatable bonds is 6. The Balaban J connectivity index is 1.65. The molecule has 5 nitrogen and oxygen atoms in total. The lowest BCUT2D eigenvalue weighted by atomic mass is 9.89. The van der Waals surface area contributed by atoms with Crippen LogP contribution in [0.2, 0.25) is 0 Å². The minimum Gasteiger partial charge on any atom is -0.497 e. The van der Waals surface area contributed by atoms with Crippen LogP contribution in [0.4, 0.5) is 0 Å². The largest absolute Gasteiger partial charge is 0.497 e. The van der Waals surface area contributed by atoms with E-state index in [1.54, 1.807) is 12.0 Å². The standard InChI is InChI=1S/C20H21NO4S/c1-25-15-8-5-9-16(10-15)26-13-19(22)21-11-17(18(12-21)20(23)24)14-6-3-2-4-7-14/h2-10,17-18H,11-13H2,1H3,(H,23,24)/t17-,18+/m1/s1. The summed E-state index contributed by atoms with van der Waals surface area (Å²) in [4.78, 5) is 26.9. The van der Waals surface area contributed by atoms with E-state index in [9.17, 15) is 14.7 Å². The van der Waals surface area contributed by atoms with E-state index in [-0.39, 0.29) is 24.1 Å². The van der Waals surface area contributed by atoms with E-state index >= 15 is 0 Å². The van der Waals surface area contributed by atoms with Gasteiger partial charge in [0, 0.05) is 23.9 Å². The molecule has 1 saturated heterocycles. The fraction of sp³-hybridized carbons (Fsp3) is 0.300. The van der Waals surface area contributed by atoms with E-state index in [1.807, 2.05) is 54.6 Å². The molecule has 0 unspecified atom stereocenters. The number of benzene rings is 2. The summed E-state index contributed by atoms with van der Waals surface area (Å²) in [5, 5.41) is 9.55. The number of carboxylic acids is 1. The Bertz CT molecular complexity index is 780. The molecule has 2 atom stereocenters. The summed E-state index contributed by atoms with van der Waals surface area (Å²) < 4.78 is 5.19. The van der Waals surface area contributed by atoms with Crippen molar-refractivity contribution < 1.29 is 19.4 Å². The van der Waals surface area contributed by atoms with E-state index in [1.165, 1.54) is 11.8 Å². The number of ether oxygens (including phenoxy) is 1. The van der Waals surface area contributed by atoms with Gasteiger partial charge in [0.05, 0.1) is 18.8 Å². The molecular formula is C20H21NO4S. The van der Waals surface area contributed by atoms with Gasteiger partial charge in [-0.3, -0.25) is 9.59 Å². The fourth-order valence-corrected chi connectivity index (χ4v) is 4.07. The fourth-order valence-electron chi connectivity index (χ4n) is 3.22. The van der Waals surface area contributed by atoms with E-state index < -0.39 is 11.9 Å². The van der Waals surface area contributed by atoms with Gasteiger partial charge in [-0.1, -0.05) is 36.4 Å². The average molecular weight is 371 g/mol. The monoisotopic (exact) mass is 371 g/mol. The molecule has 0 aliphatic carbocycles. The van der Waals surface area contributed by atoms with Crippen molar-refractivity contribution in [2.45, 2.75) is 10.8 Å². The zero-order valence-corrected chi connectivity index (χ0v) is 15.3. The number of nitrogens with zero attached hydrogens (tertiary/aromatic N) is 1. The highest BCUT2D eigenvalue weighted by molar-refractivity contribution is 8.00. The van der Waals surface area contributed by atoms with Crippen molar-refractivity contribution in [1.82, 2.24) is 4.90 Å². The summed E-state index contributed by atoms with van der Waals surface area (Å²) in [7, 11) is 1.61. The van der Waals surface area contributed by atoms with Crippen LogP contribution in [0, 0.1) is 5.92 Å². The molecule has 2 aromatic rings. The van der Waals surface area contributed by atoms with Crippen molar-refractivity contribution in [2.24, 2.45) is 5.92 Å². The van der Waals surface area contributed by atoms with Gasteiger partial charge in [-0.2, -0.15) is 0 Å². The summed E-state index contributed by atoms with van der Waals surface area (Å²) in [6.07, 6.45) is 0. The van der Waals surface area contributed by atoms with Gasteiger partial charge in [0.2, 0.25) is 5.91 Å². The number of hydrogen-bond donors (Lipinski definition) is 1. The number of hydrogen-bond acceptors (Lipinski definition) is 4. The van der Waals surface area contributed by atoms with Crippen molar-refractivity contribution in [3.63, 3.8) is 0 Å². The highest BCUT2D eigenvalue weighted by Crippen LogP contribution is 2.33. The normalized spacial score (nSPS) is 19.3. The summed E-state index contributed by atoms with van der Waals surface area (Å²) >= 11 is 1.43. The maximum absolute atomic E-state index is 12.6. The third-order valence-electron chi connectivity index (χ3n) is 4.62. The number of likely N-dealkylation sites (tertiary alicyclic amines) is 1. The molecule has 0 spiro atoms. The number of methoxy groups -OCH3 is 1. The summed E-state index contributed by atoms with van der Waals surface area (Å²) in [5.41, 5.74) is 0.968. The Morgan fingerprint density at radius 2 is 1.92 bits per heavy atom. The van der Waals surface area contributed by atoms with Crippen LogP contribution in [-0.4, -0.2) is 47.8 Å². The predicted molar refractivity (Wildman–Crippen MR) is 101 cm³/mol. The van der Waals surface area contributed by atoms with Crippen molar-refractivity contribution in [1.29, 1.82) is 0 Å². The van der Waals surface area contributed by atoms with E-state index in [0.29, 0.717) is 6.54 Å². The number of carbonyl (C=O) groups is 2. The molecule has 1 amide bonds. The molecule has 1 fully saturated rings. The first-order valence-corrected chi connectivity index (χ1v) is 9.39. The molecule has 6 heteroatoms. The van der Waals surface area contributed by atoms with Gasteiger partial charge in [0.15, 0.2) is 0 Å². The van der Waals surface area contributed by atoms with Crippen LogP contribution in [-0.2, 0) is 9.59 Å². The summed E-state index contributed by atoms with van der Waals surface area (Å²) in [6.45, 7) is 0.699. The molecule has 0 radical (unpaired) electrons. The molecule has 136 valence electrons. The number of amides is 1. The predicted octanol–water partition coefficient (Wildman–Crippen LogP) is 3.11. The highest BCUT2D eigenvalue weighted by atomic mass is 32.2. The van der Waals surface area contributed by atoms with Crippen molar-refractivity contribution in [2.75, 3.05) is 26.0 Å². The maximum Gasteiger partial charge on any atom is 0.308 e. The van der Waals surface area contributed by atoms with E-state index in [4.69, 9.17) is 4.74 Å². The third-order valence-corrected chi connectivity index (χ3v) is 5.60. The Hall–Kier alpha value is -2.47. The Morgan fingerprint density at radius 1 is 1.15 bits per heavy atom. The molecule has 1 heterocycles. The van der Waals surface area contributed by atoms with Gasteiger partial charge < -0.3 is 14.7 Å². The smallest absolute Gasteiger partial charge is 0.308 e. The Morgan fingerprint density at radius 3 is 2.62 bits per heavy atom. The molecule has 0 saturated carbocycles. The molecule has 2 aromatic carbocycles. The van der Waals surface area contributed by atoms with Gasteiger partial charge >= 0.3 is 5.97 Å². The van der Waals surface area contributed by atoms with Crippen molar-refractivity contribution in [3.8, 4) is 5.75 Å². The Kier molecular flexibility index (Phi) is 5.83. The summed E-state index contributed by atoms with van der Waals surface area (Å²) in [5.74, 6) is -0.598. The molecular weight excluding hydrogens is 350 g/mol. The molecule has 0 bridgehead atoms. The average Bonchev–Trinajstić information content (AvgIpc) is 3.13. The van der Waals surface area contributed by atoms with Crippen LogP contribution in [0.1, 0.15) is 11.5 Å². The SMILES string of the molecule is COc1cccc(SCC(=O)N2C[C@H](C(=O)O)[C@@H](c3ccccc3)C2)c1. The lowest BCUT2D eigenvalue weighted by Gasteiger charge is -2.16. The molecule has 0 aromatic heterocycles. The number of carbonyl (C=O) groups excluding carboxylic acids is 1. The van der Waals surface area contributed by atoms with Gasteiger partial charge in [-0.15, -0.1) is 11.8 Å². The molecule has 26 heavy (non-hydrogen) atoms. The van der Waals surface area contributed by atoms with Gasteiger partial charge in [0.1, 0.15) is 5.75 Å². The molecule has 3 rings (SSSR count). The first-order chi connectivity index (χ1) is 12.6. The van der Waals surface area contributed by atoms with Crippen LogP contribution in [0.15, 0.2) is 59.5 Å². The lowest BCUT2D eigenvalue weighted by molar-refractivity contribution is -0.141.